The fourth-order valence-electron chi connectivity index (χ4n) is 2.14. The first-order chi connectivity index (χ1) is 12.0. The Morgan fingerprint density at radius 2 is 1.64 bits per heavy atom. The first kappa shape index (κ1) is 16.5. The number of para-hydroxylation sites is 1. The van der Waals surface area contributed by atoms with E-state index in [9.17, 15) is 18.0 Å². The van der Waals surface area contributed by atoms with Crippen LogP contribution in [0.5, 0.6) is 0 Å². The van der Waals surface area contributed by atoms with Gasteiger partial charge in [-0.1, -0.05) is 18.2 Å². The molecule has 0 atom stereocenters. The molecule has 1 amide bonds. The lowest BCUT2D eigenvalue weighted by Gasteiger charge is -2.09. The molecule has 126 valence electrons. The Labute approximate surface area is 141 Å². The van der Waals surface area contributed by atoms with Crippen molar-refractivity contribution in [2.24, 2.45) is 0 Å². The Kier molecular flexibility index (Phi) is 4.65. The molecule has 0 fully saturated rings. The number of amides is 1. The lowest BCUT2D eigenvalue weighted by Crippen LogP contribution is -2.14. The number of carbonyl (C=O) groups is 1. The van der Waals surface area contributed by atoms with Gasteiger partial charge in [-0.2, -0.15) is 0 Å². The predicted molar refractivity (Wildman–Crippen MR) is 88.2 cm³/mol. The Morgan fingerprint density at radius 1 is 0.880 bits per heavy atom. The molecule has 0 spiro atoms. The molecule has 0 saturated carbocycles. The summed E-state index contributed by atoms with van der Waals surface area (Å²) in [5, 5.41) is 5.26. The SMILES string of the molecule is O=C(Nc1ccc(F)c(F)c1F)c1cncc(Nc2ccccc2)c1. The van der Waals surface area contributed by atoms with Gasteiger partial charge < -0.3 is 10.6 Å². The smallest absolute Gasteiger partial charge is 0.257 e. The topological polar surface area (TPSA) is 54.0 Å². The molecule has 0 saturated heterocycles. The molecular formula is C18H12F3N3O. The zero-order chi connectivity index (χ0) is 17.8. The summed E-state index contributed by atoms with van der Waals surface area (Å²) in [5.41, 5.74) is 1.02. The van der Waals surface area contributed by atoms with Gasteiger partial charge in [-0.05, 0) is 30.3 Å². The third-order valence-corrected chi connectivity index (χ3v) is 3.35. The Hall–Kier alpha value is -3.35. The highest BCUT2D eigenvalue weighted by atomic mass is 19.2. The quantitative estimate of drug-likeness (QED) is 0.686. The molecule has 0 unspecified atom stereocenters. The number of nitrogens with zero attached hydrogens (tertiary/aromatic N) is 1. The third kappa shape index (κ3) is 3.77. The van der Waals surface area contributed by atoms with E-state index in [0.29, 0.717) is 5.69 Å². The van der Waals surface area contributed by atoms with Crippen LogP contribution in [0.15, 0.2) is 60.9 Å². The molecule has 1 heterocycles. The molecule has 0 aliphatic heterocycles. The molecule has 4 nitrogen and oxygen atoms in total. The molecule has 2 N–H and O–H groups in total. The summed E-state index contributed by atoms with van der Waals surface area (Å²) < 4.78 is 39.8. The Morgan fingerprint density at radius 3 is 2.40 bits per heavy atom. The van der Waals surface area contributed by atoms with Gasteiger partial charge in [-0.25, -0.2) is 13.2 Å². The van der Waals surface area contributed by atoms with Crippen LogP contribution in [0.3, 0.4) is 0 Å². The number of halogens is 3. The molecule has 0 aliphatic rings. The van der Waals surface area contributed by atoms with Gasteiger partial charge >= 0.3 is 0 Å². The van der Waals surface area contributed by atoms with Crippen molar-refractivity contribution < 1.29 is 18.0 Å². The second kappa shape index (κ2) is 7.04. The van der Waals surface area contributed by atoms with Crippen LogP contribution >= 0.6 is 0 Å². The number of carbonyl (C=O) groups excluding carboxylic acids is 1. The number of benzene rings is 2. The van der Waals surface area contributed by atoms with Crippen molar-refractivity contribution in [3.05, 3.63) is 83.9 Å². The minimum atomic E-state index is -1.64. The number of hydrogen-bond donors (Lipinski definition) is 2. The monoisotopic (exact) mass is 343 g/mol. The van der Waals surface area contributed by atoms with E-state index in [1.54, 1.807) is 0 Å². The van der Waals surface area contributed by atoms with E-state index >= 15 is 0 Å². The van der Waals surface area contributed by atoms with Gasteiger partial charge in [0.1, 0.15) is 0 Å². The lowest BCUT2D eigenvalue weighted by atomic mass is 10.2. The summed E-state index contributed by atoms with van der Waals surface area (Å²) in [7, 11) is 0. The zero-order valence-corrected chi connectivity index (χ0v) is 12.8. The predicted octanol–water partition coefficient (Wildman–Crippen LogP) is 4.49. The molecule has 3 rings (SSSR count). The van der Waals surface area contributed by atoms with E-state index in [-0.39, 0.29) is 5.56 Å². The van der Waals surface area contributed by atoms with Crippen molar-refractivity contribution in [2.45, 2.75) is 0 Å². The highest BCUT2D eigenvalue weighted by Crippen LogP contribution is 2.21. The van der Waals surface area contributed by atoms with Gasteiger partial charge in [-0.15, -0.1) is 0 Å². The van der Waals surface area contributed by atoms with Crippen LogP contribution in [-0.2, 0) is 0 Å². The molecule has 0 aliphatic carbocycles. The molecule has 25 heavy (non-hydrogen) atoms. The standard InChI is InChI=1S/C18H12F3N3O/c19-14-6-7-15(17(21)16(14)20)24-18(25)11-8-13(10-22-9-11)23-12-4-2-1-3-5-12/h1-10,23H,(H,24,25). The van der Waals surface area contributed by atoms with E-state index in [2.05, 4.69) is 15.6 Å². The molecule has 2 aromatic carbocycles. The number of rotatable bonds is 4. The lowest BCUT2D eigenvalue weighted by molar-refractivity contribution is 0.102. The van der Waals surface area contributed by atoms with Crippen LogP contribution in [0.4, 0.5) is 30.2 Å². The van der Waals surface area contributed by atoms with Crippen molar-refractivity contribution in [3.63, 3.8) is 0 Å². The van der Waals surface area contributed by atoms with Crippen LogP contribution in [-0.4, -0.2) is 10.9 Å². The van der Waals surface area contributed by atoms with Gasteiger partial charge in [-0.3, -0.25) is 9.78 Å². The van der Waals surface area contributed by atoms with Gasteiger partial charge in [0.2, 0.25) is 0 Å². The van der Waals surface area contributed by atoms with Gasteiger partial charge in [0.15, 0.2) is 17.5 Å². The van der Waals surface area contributed by atoms with Crippen molar-refractivity contribution in [3.8, 4) is 0 Å². The summed E-state index contributed by atoms with van der Waals surface area (Å²) >= 11 is 0. The molecule has 0 bridgehead atoms. The number of nitrogens with one attached hydrogen (secondary N) is 2. The van der Waals surface area contributed by atoms with Crippen molar-refractivity contribution in [2.75, 3.05) is 10.6 Å². The van der Waals surface area contributed by atoms with Crippen LogP contribution in [0.25, 0.3) is 0 Å². The zero-order valence-electron chi connectivity index (χ0n) is 12.8. The molecular weight excluding hydrogens is 331 g/mol. The summed E-state index contributed by atoms with van der Waals surface area (Å²) in [5.74, 6) is -5.13. The number of hydrogen-bond acceptors (Lipinski definition) is 3. The largest absolute Gasteiger partial charge is 0.354 e. The van der Waals surface area contributed by atoms with Gasteiger partial charge in [0.25, 0.3) is 5.91 Å². The normalized spacial score (nSPS) is 10.4. The average molecular weight is 343 g/mol. The first-order valence-electron chi connectivity index (χ1n) is 7.26. The van der Waals surface area contributed by atoms with E-state index in [4.69, 9.17) is 0 Å². The Bertz CT molecular complexity index is 917. The maximum Gasteiger partial charge on any atom is 0.257 e. The number of pyridine rings is 1. The third-order valence-electron chi connectivity index (χ3n) is 3.35. The maximum atomic E-state index is 13.6. The molecule has 3 aromatic rings. The van der Waals surface area contributed by atoms with E-state index in [1.807, 2.05) is 30.3 Å². The van der Waals surface area contributed by atoms with E-state index < -0.39 is 29.0 Å². The van der Waals surface area contributed by atoms with Crippen LogP contribution in [0, 0.1) is 17.5 Å². The fourth-order valence-corrected chi connectivity index (χ4v) is 2.14. The average Bonchev–Trinajstić information content (AvgIpc) is 2.63. The number of anilines is 3. The molecule has 1 aromatic heterocycles. The van der Waals surface area contributed by atoms with Gasteiger partial charge in [0, 0.05) is 11.9 Å². The van der Waals surface area contributed by atoms with E-state index in [0.717, 1.165) is 17.8 Å². The van der Waals surface area contributed by atoms with Crippen LogP contribution in [0.1, 0.15) is 10.4 Å². The molecule has 7 heteroatoms. The minimum absolute atomic E-state index is 0.130. The maximum absolute atomic E-state index is 13.6. The minimum Gasteiger partial charge on any atom is -0.354 e. The van der Waals surface area contributed by atoms with E-state index in [1.165, 1.54) is 18.5 Å². The first-order valence-corrected chi connectivity index (χ1v) is 7.26. The Balaban J connectivity index is 1.79. The van der Waals surface area contributed by atoms with Crippen molar-refractivity contribution in [1.82, 2.24) is 4.98 Å². The highest BCUT2D eigenvalue weighted by Gasteiger charge is 2.16. The van der Waals surface area contributed by atoms with Crippen LogP contribution < -0.4 is 10.6 Å². The second-order valence-corrected chi connectivity index (χ2v) is 5.13. The van der Waals surface area contributed by atoms with Crippen LogP contribution in [0.2, 0.25) is 0 Å². The van der Waals surface area contributed by atoms with Crippen molar-refractivity contribution in [1.29, 1.82) is 0 Å². The fraction of sp³-hybridized carbons (Fsp3) is 0. The summed E-state index contributed by atoms with van der Waals surface area (Å²) in [6, 6.07) is 12.4. The number of aromatic nitrogens is 1. The summed E-state index contributed by atoms with van der Waals surface area (Å²) in [6.45, 7) is 0. The highest BCUT2D eigenvalue weighted by molar-refractivity contribution is 6.04. The molecule has 0 radical (unpaired) electrons. The summed E-state index contributed by atoms with van der Waals surface area (Å²) in [4.78, 5) is 16.2. The van der Waals surface area contributed by atoms with Crippen molar-refractivity contribution >= 4 is 23.0 Å². The summed E-state index contributed by atoms with van der Waals surface area (Å²) in [6.07, 6.45) is 2.80. The van der Waals surface area contributed by atoms with Gasteiger partial charge in [0.05, 0.1) is 23.1 Å². The second-order valence-electron chi connectivity index (χ2n) is 5.13.